The van der Waals surface area contributed by atoms with Gasteiger partial charge in [-0.2, -0.15) is 0 Å². The number of anilines is 1. The minimum absolute atomic E-state index is 0.250. The summed E-state index contributed by atoms with van der Waals surface area (Å²) in [5.74, 6) is 1.67. The van der Waals surface area contributed by atoms with Crippen molar-refractivity contribution < 1.29 is 23.4 Å². The van der Waals surface area contributed by atoms with E-state index in [1.54, 1.807) is 51.1 Å². The zero-order valence-electron chi connectivity index (χ0n) is 19.5. The highest BCUT2D eigenvalue weighted by Gasteiger charge is 2.16. The molecule has 1 amide bonds. The van der Waals surface area contributed by atoms with Crippen molar-refractivity contribution in [1.29, 1.82) is 0 Å². The van der Waals surface area contributed by atoms with Crippen molar-refractivity contribution in [2.45, 2.75) is 13.8 Å². The van der Waals surface area contributed by atoms with E-state index in [2.05, 4.69) is 10.3 Å². The van der Waals surface area contributed by atoms with Gasteiger partial charge in [0.15, 0.2) is 11.5 Å². The first-order valence-corrected chi connectivity index (χ1v) is 10.8. The van der Waals surface area contributed by atoms with Crippen LogP contribution in [0.15, 0.2) is 71.6 Å². The van der Waals surface area contributed by atoms with Crippen molar-refractivity contribution in [3.05, 3.63) is 72.8 Å². The van der Waals surface area contributed by atoms with Crippen LogP contribution in [-0.4, -0.2) is 31.7 Å². The molecule has 0 radical (unpaired) electrons. The number of benzene rings is 2. The number of carbonyl (C=O) groups excluding carboxylic acids is 1. The molecule has 34 heavy (non-hydrogen) atoms. The Bertz CT molecular complexity index is 1340. The standard InChI is InChI=1S/C27H26N2O5/c1-5-33-24-14-25-21(22(16-34-25)18-8-9-23(31-3)26(12-18)32-4)13-20(24)17(2)11-27(30)29-19-7-6-10-28-15-19/h6-16H,5H2,1-4H3,(H,29,30)/b17-11+. The summed E-state index contributed by atoms with van der Waals surface area (Å²) in [5.41, 5.74) is 4.69. The Balaban J connectivity index is 1.75. The van der Waals surface area contributed by atoms with Crippen LogP contribution in [0, 0.1) is 0 Å². The molecular weight excluding hydrogens is 432 g/mol. The van der Waals surface area contributed by atoms with Gasteiger partial charge in [0.1, 0.15) is 11.3 Å². The fraction of sp³-hybridized carbons (Fsp3) is 0.185. The molecule has 7 heteroatoms. The third kappa shape index (κ3) is 4.73. The van der Waals surface area contributed by atoms with Crippen LogP contribution >= 0.6 is 0 Å². The zero-order valence-corrected chi connectivity index (χ0v) is 19.5. The summed E-state index contributed by atoms with van der Waals surface area (Å²) in [4.78, 5) is 16.6. The first-order chi connectivity index (χ1) is 16.5. The van der Waals surface area contributed by atoms with E-state index in [4.69, 9.17) is 18.6 Å². The highest BCUT2D eigenvalue weighted by Crippen LogP contribution is 2.40. The third-order valence-corrected chi connectivity index (χ3v) is 5.37. The number of pyridine rings is 1. The Morgan fingerprint density at radius 1 is 1.09 bits per heavy atom. The highest BCUT2D eigenvalue weighted by molar-refractivity contribution is 6.05. The van der Waals surface area contributed by atoms with Gasteiger partial charge in [0.05, 0.1) is 39.0 Å². The Hall–Kier alpha value is -4.26. The molecule has 4 rings (SSSR count). The van der Waals surface area contributed by atoms with Crippen molar-refractivity contribution in [2.24, 2.45) is 0 Å². The van der Waals surface area contributed by atoms with E-state index in [0.29, 0.717) is 35.1 Å². The number of methoxy groups -OCH3 is 2. The summed E-state index contributed by atoms with van der Waals surface area (Å²) in [5, 5.41) is 3.72. The predicted molar refractivity (Wildman–Crippen MR) is 132 cm³/mol. The molecular formula is C27H26N2O5. The molecule has 0 unspecified atom stereocenters. The zero-order chi connectivity index (χ0) is 24.1. The van der Waals surface area contributed by atoms with Gasteiger partial charge in [-0.1, -0.05) is 6.07 Å². The van der Waals surface area contributed by atoms with Crippen molar-refractivity contribution in [2.75, 3.05) is 26.1 Å². The topological polar surface area (TPSA) is 82.8 Å². The van der Waals surface area contributed by atoms with Gasteiger partial charge in [0.25, 0.3) is 0 Å². The molecule has 2 aromatic heterocycles. The van der Waals surface area contributed by atoms with Crippen LogP contribution in [0.2, 0.25) is 0 Å². The lowest BCUT2D eigenvalue weighted by atomic mass is 9.99. The number of aromatic nitrogens is 1. The molecule has 2 heterocycles. The van der Waals surface area contributed by atoms with E-state index < -0.39 is 0 Å². The van der Waals surface area contributed by atoms with E-state index in [1.807, 2.05) is 44.2 Å². The van der Waals surface area contributed by atoms with Crippen LogP contribution in [0.3, 0.4) is 0 Å². The van der Waals surface area contributed by atoms with Gasteiger partial charge in [0, 0.05) is 34.9 Å². The van der Waals surface area contributed by atoms with Gasteiger partial charge in [-0.3, -0.25) is 9.78 Å². The van der Waals surface area contributed by atoms with Crippen LogP contribution in [0.25, 0.3) is 27.7 Å². The summed E-state index contributed by atoms with van der Waals surface area (Å²) >= 11 is 0. The highest BCUT2D eigenvalue weighted by atomic mass is 16.5. The molecule has 0 fully saturated rings. The lowest BCUT2D eigenvalue weighted by Crippen LogP contribution is -2.08. The molecule has 0 atom stereocenters. The van der Waals surface area contributed by atoms with Crippen LogP contribution in [0.4, 0.5) is 5.69 Å². The normalized spacial score (nSPS) is 11.4. The van der Waals surface area contributed by atoms with Crippen molar-refractivity contribution >= 4 is 28.1 Å². The maximum absolute atomic E-state index is 12.6. The van der Waals surface area contributed by atoms with E-state index in [1.165, 1.54) is 0 Å². The maximum atomic E-state index is 12.6. The summed E-state index contributed by atoms with van der Waals surface area (Å²) in [6.45, 7) is 4.28. The largest absolute Gasteiger partial charge is 0.493 e. The average Bonchev–Trinajstić information content (AvgIpc) is 3.26. The van der Waals surface area contributed by atoms with Gasteiger partial charge in [0.2, 0.25) is 5.91 Å². The van der Waals surface area contributed by atoms with E-state index >= 15 is 0 Å². The van der Waals surface area contributed by atoms with E-state index in [0.717, 1.165) is 27.6 Å². The molecule has 0 aliphatic heterocycles. The summed E-state index contributed by atoms with van der Waals surface area (Å²) < 4.78 is 22.5. The first-order valence-electron chi connectivity index (χ1n) is 10.8. The second kappa shape index (κ2) is 10.1. The smallest absolute Gasteiger partial charge is 0.248 e. The molecule has 7 nitrogen and oxygen atoms in total. The number of fused-ring (bicyclic) bond motifs is 1. The van der Waals surface area contributed by atoms with E-state index in [-0.39, 0.29) is 5.91 Å². The van der Waals surface area contributed by atoms with Crippen molar-refractivity contribution in [3.8, 4) is 28.4 Å². The first kappa shape index (κ1) is 22.9. The predicted octanol–water partition coefficient (Wildman–Crippen LogP) is 5.95. The van der Waals surface area contributed by atoms with Crippen LogP contribution in [0.5, 0.6) is 17.2 Å². The Morgan fingerprint density at radius 2 is 1.91 bits per heavy atom. The molecule has 4 aromatic rings. The Morgan fingerprint density at radius 3 is 2.62 bits per heavy atom. The van der Waals surface area contributed by atoms with Gasteiger partial charge in [-0.25, -0.2) is 0 Å². The van der Waals surface area contributed by atoms with Gasteiger partial charge >= 0.3 is 0 Å². The quantitative estimate of drug-likeness (QED) is 0.328. The molecule has 0 aliphatic rings. The minimum atomic E-state index is -0.250. The molecule has 0 saturated carbocycles. The number of ether oxygens (including phenoxy) is 3. The molecule has 0 bridgehead atoms. The summed E-state index contributed by atoms with van der Waals surface area (Å²) in [7, 11) is 3.21. The molecule has 0 aliphatic carbocycles. The maximum Gasteiger partial charge on any atom is 0.248 e. The number of furan rings is 1. The number of carbonyl (C=O) groups is 1. The lowest BCUT2D eigenvalue weighted by molar-refractivity contribution is -0.111. The molecule has 0 spiro atoms. The lowest BCUT2D eigenvalue weighted by Gasteiger charge is -2.12. The average molecular weight is 459 g/mol. The second-order valence-electron chi connectivity index (χ2n) is 7.55. The molecule has 174 valence electrons. The van der Waals surface area contributed by atoms with Crippen LogP contribution in [0.1, 0.15) is 19.4 Å². The fourth-order valence-corrected chi connectivity index (χ4v) is 3.75. The minimum Gasteiger partial charge on any atom is -0.493 e. The van der Waals surface area contributed by atoms with Gasteiger partial charge in [-0.15, -0.1) is 0 Å². The molecule has 0 saturated heterocycles. The fourth-order valence-electron chi connectivity index (χ4n) is 3.75. The summed E-state index contributed by atoms with van der Waals surface area (Å²) in [6, 6.07) is 13.1. The Labute approximate surface area is 198 Å². The number of rotatable bonds is 8. The Kier molecular flexibility index (Phi) is 6.82. The SMILES string of the molecule is CCOc1cc2occ(-c3ccc(OC)c(OC)c3)c2cc1/C(C)=C/C(=O)Nc1cccnc1. The number of nitrogens with zero attached hydrogens (tertiary/aromatic N) is 1. The van der Waals surface area contributed by atoms with Crippen molar-refractivity contribution in [1.82, 2.24) is 4.98 Å². The van der Waals surface area contributed by atoms with Gasteiger partial charge < -0.3 is 23.9 Å². The number of nitrogens with one attached hydrogen (secondary N) is 1. The van der Waals surface area contributed by atoms with Crippen LogP contribution in [-0.2, 0) is 4.79 Å². The summed E-state index contributed by atoms with van der Waals surface area (Å²) in [6.07, 6.45) is 6.51. The monoisotopic (exact) mass is 458 g/mol. The molecule has 2 aromatic carbocycles. The third-order valence-electron chi connectivity index (χ3n) is 5.37. The number of allylic oxidation sites excluding steroid dienone is 1. The van der Waals surface area contributed by atoms with Crippen molar-refractivity contribution in [3.63, 3.8) is 0 Å². The van der Waals surface area contributed by atoms with Crippen LogP contribution < -0.4 is 19.5 Å². The molecule has 1 N–H and O–H groups in total. The number of amides is 1. The second-order valence-corrected chi connectivity index (χ2v) is 7.55. The van der Waals surface area contributed by atoms with Gasteiger partial charge in [-0.05, 0) is 55.3 Å². The number of hydrogen-bond donors (Lipinski definition) is 1. The number of hydrogen-bond acceptors (Lipinski definition) is 6. The van der Waals surface area contributed by atoms with E-state index in [9.17, 15) is 4.79 Å².